The van der Waals surface area contributed by atoms with Crippen molar-refractivity contribution in [2.75, 3.05) is 13.7 Å². The van der Waals surface area contributed by atoms with Gasteiger partial charge in [0.1, 0.15) is 9.96 Å². The third-order valence-electron chi connectivity index (χ3n) is 3.12. The highest BCUT2D eigenvalue weighted by atomic mass is 32.2. The molecule has 0 aliphatic heterocycles. The van der Waals surface area contributed by atoms with Gasteiger partial charge in [0.2, 0.25) is 10.0 Å². The lowest BCUT2D eigenvalue weighted by Crippen LogP contribution is -2.24. The van der Waals surface area contributed by atoms with Crippen molar-refractivity contribution in [3.63, 3.8) is 0 Å². The van der Waals surface area contributed by atoms with Crippen LogP contribution in [0.25, 0.3) is 0 Å². The number of para-hydroxylation sites is 1. The highest BCUT2D eigenvalue weighted by molar-refractivity contribution is 7.91. The van der Waals surface area contributed by atoms with Gasteiger partial charge in [-0.1, -0.05) is 24.3 Å². The lowest BCUT2D eigenvalue weighted by atomic mass is 10.1. The molecular weight excluding hydrogens is 306 g/mol. The Kier molecular flexibility index (Phi) is 5.78. The highest BCUT2D eigenvalue weighted by Gasteiger charge is 2.13. The fourth-order valence-corrected chi connectivity index (χ4v) is 4.16. The predicted molar refractivity (Wildman–Crippen MR) is 85.4 cm³/mol. The molecule has 0 fully saturated rings. The largest absolute Gasteiger partial charge is 0.496 e. The van der Waals surface area contributed by atoms with Gasteiger partial charge in [-0.05, 0) is 42.3 Å². The Balaban J connectivity index is 1.76. The summed E-state index contributed by atoms with van der Waals surface area (Å²) in [5.41, 5.74) is 1.15. The number of unbranched alkanes of at least 4 members (excludes halogenated alkanes) is 1. The molecule has 0 spiro atoms. The van der Waals surface area contributed by atoms with E-state index < -0.39 is 10.0 Å². The van der Waals surface area contributed by atoms with Gasteiger partial charge in [0.05, 0.1) is 7.11 Å². The first-order chi connectivity index (χ1) is 10.1. The van der Waals surface area contributed by atoms with Gasteiger partial charge < -0.3 is 4.74 Å². The van der Waals surface area contributed by atoms with E-state index in [0.717, 1.165) is 30.6 Å². The summed E-state index contributed by atoms with van der Waals surface area (Å²) in [7, 11) is -1.67. The predicted octanol–water partition coefficient (Wildman–Crippen LogP) is 3.06. The third-order valence-corrected chi connectivity index (χ3v) is 5.98. The molecule has 0 atom stereocenters. The molecule has 2 rings (SSSR count). The lowest BCUT2D eigenvalue weighted by Gasteiger charge is -2.08. The number of ether oxygens (including phenoxy) is 1. The number of hydrogen-bond acceptors (Lipinski definition) is 4. The molecule has 1 N–H and O–H groups in total. The summed E-state index contributed by atoms with van der Waals surface area (Å²) in [5.74, 6) is 0.886. The van der Waals surface area contributed by atoms with Gasteiger partial charge in [0.15, 0.2) is 0 Å². The van der Waals surface area contributed by atoms with Crippen molar-refractivity contribution in [2.24, 2.45) is 0 Å². The van der Waals surface area contributed by atoms with Crippen molar-refractivity contribution in [1.82, 2.24) is 4.72 Å². The van der Waals surface area contributed by atoms with Crippen LogP contribution in [0, 0.1) is 0 Å². The van der Waals surface area contributed by atoms with Crippen molar-refractivity contribution in [1.29, 1.82) is 0 Å². The Bertz CT molecular complexity index is 651. The zero-order chi connectivity index (χ0) is 15.1. The third kappa shape index (κ3) is 4.56. The molecule has 114 valence electrons. The van der Waals surface area contributed by atoms with Crippen molar-refractivity contribution in [3.8, 4) is 5.75 Å². The monoisotopic (exact) mass is 325 g/mol. The minimum atomic E-state index is -3.33. The normalized spacial score (nSPS) is 11.5. The van der Waals surface area contributed by atoms with Gasteiger partial charge in [-0.25, -0.2) is 13.1 Å². The molecule has 0 unspecified atom stereocenters. The summed E-state index contributed by atoms with van der Waals surface area (Å²) >= 11 is 1.23. The molecule has 0 bridgehead atoms. The fourth-order valence-electron chi connectivity index (χ4n) is 2.04. The van der Waals surface area contributed by atoms with Gasteiger partial charge in [0.25, 0.3) is 0 Å². The second-order valence-corrected chi connectivity index (χ2v) is 7.54. The van der Waals surface area contributed by atoms with Crippen molar-refractivity contribution in [2.45, 2.75) is 23.5 Å². The lowest BCUT2D eigenvalue weighted by molar-refractivity contribution is 0.409. The number of aryl methyl sites for hydroxylation is 1. The molecule has 0 radical (unpaired) electrons. The Morgan fingerprint density at radius 2 is 1.95 bits per heavy atom. The molecule has 0 aliphatic carbocycles. The Labute approximate surface area is 129 Å². The van der Waals surface area contributed by atoms with Crippen molar-refractivity contribution >= 4 is 21.4 Å². The van der Waals surface area contributed by atoms with Crippen LogP contribution in [-0.2, 0) is 16.4 Å². The average molecular weight is 325 g/mol. The van der Waals surface area contributed by atoms with Gasteiger partial charge in [0, 0.05) is 6.54 Å². The second kappa shape index (κ2) is 7.59. The Morgan fingerprint density at radius 1 is 1.14 bits per heavy atom. The highest BCUT2D eigenvalue weighted by Crippen LogP contribution is 2.19. The molecule has 21 heavy (non-hydrogen) atoms. The smallest absolute Gasteiger partial charge is 0.250 e. The molecule has 0 saturated carbocycles. The van der Waals surface area contributed by atoms with E-state index in [1.54, 1.807) is 24.6 Å². The summed E-state index contributed by atoms with van der Waals surface area (Å²) in [4.78, 5) is 0. The number of thiophene rings is 1. The maximum absolute atomic E-state index is 11.9. The first-order valence-electron chi connectivity index (χ1n) is 6.78. The maximum Gasteiger partial charge on any atom is 0.250 e. The topological polar surface area (TPSA) is 55.4 Å². The minimum Gasteiger partial charge on any atom is -0.496 e. The van der Waals surface area contributed by atoms with Crippen LogP contribution in [0.5, 0.6) is 5.75 Å². The molecule has 6 heteroatoms. The second-order valence-electron chi connectivity index (χ2n) is 4.60. The summed E-state index contributed by atoms with van der Waals surface area (Å²) in [6.45, 7) is 0.454. The van der Waals surface area contributed by atoms with E-state index in [-0.39, 0.29) is 0 Å². The molecule has 1 heterocycles. The maximum atomic E-state index is 11.9. The summed E-state index contributed by atoms with van der Waals surface area (Å²) in [6, 6.07) is 11.3. The zero-order valence-electron chi connectivity index (χ0n) is 11.9. The van der Waals surface area contributed by atoms with Gasteiger partial charge in [-0.15, -0.1) is 11.3 Å². The van der Waals surface area contributed by atoms with Crippen LogP contribution in [0.3, 0.4) is 0 Å². The van der Waals surface area contributed by atoms with Crippen LogP contribution < -0.4 is 9.46 Å². The number of benzene rings is 1. The number of methoxy groups -OCH3 is 1. The van der Waals surface area contributed by atoms with E-state index in [1.165, 1.54) is 11.3 Å². The molecule has 4 nitrogen and oxygen atoms in total. The van der Waals surface area contributed by atoms with E-state index in [9.17, 15) is 8.42 Å². The minimum absolute atomic E-state index is 0.368. The van der Waals surface area contributed by atoms with E-state index in [4.69, 9.17) is 4.74 Å². The summed E-state index contributed by atoms with van der Waals surface area (Å²) < 4.78 is 32.1. The first-order valence-corrected chi connectivity index (χ1v) is 9.15. The SMILES string of the molecule is COc1ccccc1CCCCNS(=O)(=O)c1cccs1. The Morgan fingerprint density at radius 3 is 2.67 bits per heavy atom. The standard InChI is InChI=1S/C15H19NO3S2/c1-19-14-9-3-2-7-13(14)8-4-5-11-16-21(17,18)15-10-6-12-20-15/h2-3,6-7,9-10,12,16H,4-5,8,11H2,1H3. The van der Waals surface area contributed by atoms with Crippen LogP contribution in [-0.4, -0.2) is 22.1 Å². The van der Waals surface area contributed by atoms with Crippen molar-refractivity contribution in [3.05, 3.63) is 47.3 Å². The van der Waals surface area contributed by atoms with Crippen LogP contribution >= 0.6 is 11.3 Å². The molecule has 0 aliphatic rings. The van der Waals surface area contributed by atoms with Crippen LogP contribution in [0.4, 0.5) is 0 Å². The molecular formula is C15H19NO3S2. The quantitative estimate of drug-likeness (QED) is 0.759. The molecule has 0 amide bonds. The van der Waals surface area contributed by atoms with Gasteiger partial charge >= 0.3 is 0 Å². The van der Waals surface area contributed by atoms with E-state index in [0.29, 0.717) is 10.8 Å². The zero-order valence-corrected chi connectivity index (χ0v) is 13.5. The van der Waals surface area contributed by atoms with Crippen molar-refractivity contribution < 1.29 is 13.2 Å². The molecule has 1 aromatic carbocycles. The summed E-state index contributed by atoms with van der Waals surface area (Å²) in [5, 5.41) is 1.76. The Hall–Kier alpha value is -1.37. The summed E-state index contributed by atoms with van der Waals surface area (Å²) in [6.07, 6.45) is 2.58. The molecule has 2 aromatic rings. The first kappa shape index (κ1) is 16.0. The van der Waals surface area contributed by atoms with E-state index >= 15 is 0 Å². The fraction of sp³-hybridized carbons (Fsp3) is 0.333. The number of sulfonamides is 1. The van der Waals surface area contributed by atoms with Crippen LogP contribution in [0.15, 0.2) is 46.0 Å². The number of nitrogens with one attached hydrogen (secondary N) is 1. The van der Waals surface area contributed by atoms with E-state index in [2.05, 4.69) is 4.72 Å². The van der Waals surface area contributed by atoms with Crippen LogP contribution in [0.2, 0.25) is 0 Å². The van der Waals surface area contributed by atoms with Crippen LogP contribution in [0.1, 0.15) is 18.4 Å². The number of hydrogen-bond donors (Lipinski definition) is 1. The van der Waals surface area contributed by atoms with E-state index in [1.807, 2.05) is 24.3 Å². The molecule has 0 saturated heterocycles. The number of rotatable bonds is 8. The molecule has 1 aromatic heterocycles. The van der Waals surface area contributed by atoms with Gasteiger partial charge in [-0.3, -0.25) is 0 Å². The average Bonchev–Trinajstić information content (AvgIpc) is 3.02. The van der Waals surface area contributed by atoms with Gasteiger partial charge in [-0.2, -0.15) is 0 Å².